The van der Waals surface area contributed by atoms with Crippen molar-refractivity contribution in [2.24, 2.45) is 5.73 Å². The third-order valence-corrected chi connectivity index (χ3v) is 1.02. The zero-order chi connectivity index (χ0) is 7.56. The van der Waals surface area contributed by atoms with Crippen LogP contribution in [0.2, 0.25) is 0 Å². The number of hydrogen-bond acceptors (Lipinski definition) is 4. The highest BCUT2D eigenvalue weighted by atomic mass is 16.4. The van der Waals surface area contributed by atoms with Crippen molar-refractivity contribution in [3.8, 4) is 0 Å². The number of aliphatic carboxylic acids is 1. The molecule has 54 valence electrons. The van der Waals surface area contributed by atoms with Crippen molar-refractivity contribution in [1.29, 1.82) is 0 Å². The minimum absolute atomic E-state index is 0.160. The quantitative estimate of drug-likeness (QED) is 0.594. The summed E-state index contributed by atoms with van der Waals surface area (Å²) in [6.07, 6.45) is 2.41. The lowest BCUT2D eigenvalue weighted by Crippen LogP contribution is -2.19. The summed E-state index contributed by atoms with van der Waals surface area (Å²) in [5.41, 5.74) is 5.15. The van der Waals surface area contributed by atoms with Crippen LogP contribution in [0.4, 0.5) is 0 Å². The fraction of sp³-hybridized carbons (Fsp3) is 0.200. The molecule has 1 aromatic rings. The Hall–Kier alpha value is -1.36. The Morgan fingerprint density at radius 1 is 1.90 bits per heavy atom. The van der Waals surface area contributed by atoms with Crippen LogP contribution >= 0.6 is 0 Å². The zero-order valence-electron chi connectivity index (χ0n) is 5.02. The first-order chi connectivity index (χ1) is 4.72. The molecule has 0 spiro atoms. The number of hydrogen-bond donors (Lipinski definition) is 2. The first kappa shape index (κ1) is 6.76. The van der Waals surface area contributed by atoms with Gasteiger partial charge in [0.2, 0.25) is 0 Å². The Morgan fingerprint density at radius 3 is 3.00 bits per heavy atom. The largest absolute Gasteiger partial charge is 0.480 e. The standard InChI is InChI=1S/C5H6N2O3/c6-4(5(8)9)3-1-7-2-10-3/h1-2,4H,6H2,(H,8,9). The first-order valence-electron chi connectivity index (χ1n) is 2.58. The predicted octanol–water partition coefficient (Wildman–Crippen LogP) is -0.241. The molecule has 1 heterocycles. The van der Waals surface area contributed by atoms with E-state index >= 15 is 0 Å². The highest BCUT2D eigenvalue weighted by Gasteiger charge is 2.16. The molecule has 0 aliphatic carbocycles. The summed E-state index contributed by atoms with van der Waals surface area (Å²) in [7, 11) is 0. The third-order valence-electron chi connectivity index (χ3n) is 1.02. The highest BCUT2D eigenvalue weighted by molar-refractivity contribution is 5.74. The summed E-state index contributed by atoms with van der Waals surface area (Å²) < 4.78 is 4.64. The number of rotatable bonds is 2. The summed E-state index contributed by atoms with van der Waals surface area (Å²) in [5, 5.41) is 8.34. The van der Waals surface area contributed by atoms with Crippen molar-refractivity contribution in [3.63, 3.8) is 0 Å². The van der Waals surface area contributed by atoms with E-state index in [2.05, 4.69) is 9.40 Å². The summed E-state index contributed by atoms with van der Waals surface area (Å²) in [6.45, 7) is 0. The summed E-state index contributed by atoms with van der Waals surface area (Å²) in [6, 6.07) is -1.11. The lowest BCUT2D eigenvalue weighted by Gasteiger charge is -1.98. The normalized spacial score (nSPS) is 12.9. The Labute approximate surface area is 56.5 Å². The van der Waals surface area contributed by atoms with Crippen LogP contribution in [0, 0.1) is 0 Å². The number of carboxylic acid groups (broad SMARTS) is 1. The fourth-order valence-corrected chi connectivity index (χ4v) is 0.501. The van der Waals surface area contributed by atoms with Crippen molar-refractivity contribution in [1.82, 2.24) is 4.98 Å². The molecule has 1 unspecified atom stereocenters. The van der Waals surface area contributed by atoms with E-state index in [1.165, 1.54) is 6.20 Å². The van der Waals surface area contributed by atoms with Crippen LogP contribution in [0.25, 0.3) is 0 Å². The molecule has 0 fully saturated rings. The summed E-state index contributed by atoms with van der Waals surface area (Å²) in [4.78, 5) is 13.7. The SMILES string of the molecule is NC(C(=O)O)c1cnco1. The Morgan fingerprint density at radius 2 is 2.60 bits per heavy atom. The summed E-state index contributed by atoms with van der Waals surface area (Å²) >= 11 is 0. The van der Waals surface area contributed by atoms with Crippen LogP contribution in [0.1, 0.15) is 11.8 Å². The van der Waals surface area contributed by atoms with Crippen LogP contribution < -0.4 is 5.73 Å². The van der Waals surface area contributed by atoms with E-state index < -0.39 is 12.0 Å². The zero-order valence-corrected chi connectivity index (χ0v) is 5.02. The van der Waals surface area contributed by atoms with E-state index in [4.69, 9.17) is 10.8 Å². The average Bonchev–Trinajstić information content (AvgIpc) is 2.36. The van der Waals surface area contributed by atoms with Crippen molar-refractivity contribution < 1.29 is 14.3 Å². The van der Waals surface area contributed by atoms with Gasteiger partial charge < -0.3 is 15.3 Å². The number of carbonyl (C=O) groups is 1. The smallest absolute Gasteiger partial charge is 0.328 e. The lowest BCUT2D eigenvalue weighted by atomic mass is 10.3. The van der Waals surface area contributed by atoms with Crippen LogP contribution in [-0.4, -0.2) is 16.1 Å². The number of nitrogens with two attached hydrogens (primary N) is 1. The molecule has 1 aromatic heterocycles. The summed E-state index contributed by atoms with van der Waals surface area (Å²) in [5.74, 6) is -0.968. The molecule has 0 aliphatic rings. The van der Waals surface area contributed by atoms with Crippen molar-refractivity contribution in [2.75, 3.05) is 0 Å². The molecule has 5 nitrogen and oxygen atoms in total. The van der Waals surface area contributed by atoms with E-state index in [1.807, 2.05) is 0 Å². The van der Waals surface area contributed by atoms with Gasteiger partial charge in [0.1, 0.15) is 0 Å². The van der Waals surface area contributed by atoms with Gasteiger partial charge in [-0.05, 0) is 0 Å². The average molecular weight is 142 g/mol. The molecular formula is C5H6N2O3. The minimum Gasteiger partial charge on any atom is -0.480 e. The number of oxazole rings is 1. The molecule has 0 aromatic carbocycles. The van der Waals surface area contributed by atoms with Gasteiger partial charge in [-0.2, -0.15) is 0 Å². The van der Waals surface area contributed by atoms with Gasteiger partial charge >= 0.3 is 5.97 Å². The molecule has 0 aliphatic heterocycles. The van der Waals surface area contributed by atoms with Crippen molar-refractivity contribution in [2.45, 2.75) is 6.04 Å². The monoisotopic (exact) mass is 142 g/mol. The number of carboxylic acids is 1. The van der Waals surface area contributed by atoms with Crippen LogP contribution in [0.15, 0.2) is 17.0 Å². The van der Waals surface area contributed by atoms with Crippen LogP contribution in [0.5, 0.6) is 0 Å². The molecule has 0 amide bonds. The Kier molecular flexibility index (Phi) is 1.68. The Balaban J connectivity index is 2.77. The first-order valence-corrected chi connectivity index (χ1v) is 2.58. The van der Waals surface area contributed by atoms with E-state index in [1.54, 1.807) is 0 Å². The van der Waals surface area contributed by atoms with Gasteiger partial charge in [-0.3, -0.25) is 4.79 Å². The second-order valence-corrected chi connectivity index (χ2v) is 1.72. The van der Waals surface area contributed by atoms with Crippen molar-refractivity contribution in [3.05, 3.63) is 18.4 Å². The molecule has 1 atom stereocenters. The molecule has 10 heavy (non-hydrogen) atoms. The van der Waals surface area contributed by atoms with Gasteiger partial charge in [-0.1, -0.05) is 0 Å². The highest BCUT2D eigenvalue weighted by Crippen LogP contribution is 2.07. The second-order valence-electron chi connectivity index (χ2n) is 1.72. The maximum Gasteiger partial charge on any atom is 0.328 e. The van der Waals surface area contributed by atoms with E-state index in [9.17, 15) is 4.79 Å². The molecule has 0 saturated carbocycles. The van der Waals surface area contributed by atoms with Crippen molar-refractivity contribution >= 4 is 5.97 Å². The molecule has 3 N–H and O–H groups in total. The molecule has 5 heteroatoms. The topological polar surface area (TPSA) is 89.4 Å². The molecule has 1 rings (SSSR count). The molecule has 0 radical (unpaired) electrons. The predicted molar refractivity (Wildman–Crippen MR) is 31.1 cm³/mol. The van der Waals surface area contributed by atoms with Gasteiger partial charge in [0.05, 0.1) is 6.20 Å². The molecular weight excluding hydrogens is 136 g/mol. The van der Waals surface area contributed by atoms with Crippen LogP contribution in [-0.2, 0) is 4.79 Å². The Bertz CT molecular complexity index is 219. The second kappa shape index (κ2) is 2.49. The fourth-order valence-electron chi connectivity index (χ4n) is 0.501. The minimum atomic E-state index is -1.13. The van der Waals surface area contributed by atoms with Gasteiger partial charge in [-0.15, -0.1) is 0 Å². The van der Waals surface area contributed by atoms with Gasteiger partial charge in [-0.25, -0.2) is 4.98 Å². The maximum atomic E-state index is 10.2. The number of nitrogens with zero attached hydrogens (tertiary/aromatic N) is 1. The van der Waals surface area contributed by atoms with E-state index in [-0.39, 0.29) is 5.76 Å². The van der Waals surface area contributed by atoms with Gasteiger partial charge in [0.25, 0.3) is 0 Å². The lowest BCUT2D eigenvalue weighted by molar-refractivity contribution is -0.139. The van der Waals surface area contributed by atoms with E-state index in [0.29, 0.717) is 0 Å². The van der Waals surface area contributed by atoms with Gasteiger partial charge in [0, 0.05) is 0 Å². The third kappa shape index (κ3) is 1.14. The maximum absolute atomic E-state index is 10.2. The van der Waals surface area contributed by atoms with Gasteiger partial charge in [0.15, 0.2) is 18.2 Å². The molecule has 0 bridgehead atoms. The van der Waals surface area contributed by atoms with Crippen LogP contribution in [0.3, 0.4) is 0 Å². The molecule has 0 saturated heterocycles. The van der Waals surface area contributed by atoms with E-state index in [0.717, 1.165) is 6.39 Å². The number of aromatic nitrogens is 1.